The molecule has 1 aromatic carbocycles. The molecule has 2 aromatic rings. The summed E-state index contributed by atoms with van der Waals surface area (Å²) in [6, 6.07) is 8.86. The van der Waals surface area contributed by atoms with Crippen LogP contribution in [-0.4, -0.2) is 26.8 Å². The fraction of sp³-hybridized carbons (Fsp3) is 0.176. The molecule has 0 saturated carbocycles. The standard InChI is InChI=1S/C17H15NO5/c1-10(19)14-15(11-4-6-12(20)7-5-11)18(17(22)16(14)21)9-13-3-2-8-23-13/h2-8,15,20-21H,9H2,1H3. The summed E-state index contributed by atoms with van der Waals surface area (Å²) in [5, 5.41) is 19.5. The first-order valence-corrected chi connectivity index (χ1v) is 7.05. The SMILES string of the molecule is CC(=O)C1=C(O)C(=O)N(Cc2ccco2)C1c1ccc(O)cc1. The van der Waals surface area contributed by atoms with Crippen LogP contribution < -0.4 is 0 Å². The van der Waals surface area contributed by atoms with Crippen LogP contribution in [-0.2, 0) is 16.1 Å². The van der Waals surface area contributed by atoms with Crippen LogP contribution in [0, 0.1) is 0 Å². The fourth-order valence-corrected chi connectivity index (χ4v) is 2.75. The highest BCUT2D eigenvalue weighted by molar-refractivity contribution is 6.08. The minimum absolute atomic E-state index is 0.0484. The van der Waals surface area contributed by atoms with Gasteiger partial charge in [0, 0.05) is 0 Å². The monoisotopic (exact) mass is 313 g/mol. The van der Waals surface area contributed by atoms with Gasteiger partial charge in [0.25, 0.3) is 5.91 Å². The first-order valence-electron chi connectivity index (χ1n) is 7.05. The maximum Gasteiger partial charge on any atom is 0.290 e. The van der Waals surface area contributed by atoms with Crippen LogP contribution in [0.4, 0.5) is 0 Å². The minimum Gasteiger partial charge on any atom is -0.508 e. The summed E-state index contributed by atoms with van der Waals surface area (Å²) >= 11 is 0. The summed E-state index contributed by atoms with van der Waals surface area (Å²) in [5.41, 5.74) is 0.671. The van der Waals surface area contributed by atoms with Gasteiger partial charge in [0.1, 0.15) is 11.5 Å². The Morgan fingerprint density at radius 2 is 1.91 bits per heavy atom. The minimum atomic E-state index is -0.717. The van der Waals surface area contributed by atoms with E-state index in [1.165, 1.54) is 30.2 Å². The lowest BCUT2D eigenvalue weighted by atomic mass is 9.96. The van der Waals surface area contributed by atoms with Crippen LogP contribution in [0.5, 0.6) is 5.75 Å². The van der Waals surface area contributed by atoms with Gasteiger partial charge < -0.3 is 19.5 Å². The number of rotatable bonds is 4. The Bertz CT molecular complexity index is 774. The normalized spacial score (nSPS) is 17.9. The van der Waals surface area contributed by atoms with Crippen molar-refractivity contribution in [1.29, 1.82) is 0 Å². The lowest BCUT2D eigenvalue weighted by molar-refractivity contribution is -0.130. The molecule has 0 radical (unpaired) electrons. The van der Waals surface area contributed by atoms with Gasteiger partial charge >= 0.3 is 0 Å². The van der Waals surface area contributed by atoms with E-state index >= 15 is 0 Å². The second-order valence-corrected chi connectivity index (χ2v) is 5.32. The maximum atomic E-state index is 12.4. The Morgan fingerprint density at radius 3 is 2.48 bits per heavy atom. The van der Waals surface area contributed by atoms with E-state index in [0.717, 1.165) is 0 Å². The number of hydrogen-bond donors (Lipinski definition) is 2. The number of aliphatic hydroxyl groups excluding tert-OH is 1. The predicted octanol–water partition coefficient (Wildman–Crippen LogP) is 2.47. The molecule has 0 saturated heterocycles. The summed E-state index contributed by atoms with van der Waals surface area (Å²) in [4.78, 5) is 25.7. The van der Waals surface area contributed by atoms with Crippen LogP contribution in [0.1, 0.15) is 24.3 Å². The number of aliphatic hydroxyl groups is 1. The van der Waals surface area contributed by atoms with Crippen molar-refractivity contribution in [2.45, 2.75) is 19.5 Å². The molecule has 1 aromatic heterocycles. The fourth-order valence-electron chi connectivity index (χ4n) is 2.75. The number of ketones is 1. The third kappa shape index (κ3) is 2.59. The molecule has 1 atom stereocenters. The quantitative estimate of drug-likeness (QED) is 0.905. The van der Waals surface area contributed by atoms with Crippen LogP contribution in [0.15, 0.2) is 58.4 Å². The van der Waals surface area contributed by atoms with Crippen molar-refractivity contribution in [2.75, 3.05) is 0 Å². The van der Waals surface area contributed by atoms with Crippen LogP contribution in [0.25, 0.3) is 0 Å². The molecule has 1 unspecified atom stereocenters. The largest absolute Gasteiger partial charge is 0.508 e. The average molecular weight is 313 g/mol. The van der Waals surface area contributed by atoms with Crippen LogP contribution in [0.3, 0.4) is 0 Å². The number of carbonyl (C=O) groups is 2. The van der Waals surface area contributed by atoms with E-state index in [4.69, 9.17) is 4.42 Å². The van der Waals surface area contributed by atoms with Crippen molar-refractivity contribution in [3.05, 3.63) is 65.3 Å². The molecule has 118 valence electrons. The van der Waals surface area contributed by atoms with Crippen molar-refractivity contribution < 1.29 is 24.2 Å². The van der Waals surface area contributed by atoms with E-state index in [0.29, 0.717) is 11.3 Å². The molecule has 1 aliphatic heterocycles. The van der Waals surface area contributed by atoms with Gasteiger partial charge in [0.05, 0.1) is 24.4 Å². The molecule has 6 nitrogen and oxygen atoms in total. The number of benzene rings is 1. The highest BCUT2D eigenvalue weighted by Gasteiger charge is 2.42. The van der Waals surface area contributed by atoms with Gasteiger partial charge in [0.2, 0.25) is 0 Å². The Morgan fingerprint density at radius 1 is 1.22 bits per heavy atom. The number of amides is 1. The van der Waals surface area contributed by atoms with E-state index in [-0.39, 0.29) is 23.7 Å². The van der Waals surface area contributed by atoms with Crippen molar-refractivity contribution >= 4 is 11.7 Å². The summed E-state index contributed by atoms with van der Waals surface area (Å²) < 4.78 is 5.26. The van der Waals surface area contributed by atoms with Crippen molar-refractivity contribution in [2.24, 2.45) is 0 Å². The summed E-state index contributed by atoms with van der Waals surface area (Å²) in [5.74, 6) is -0.921. The second kappa shape index (κ2) is 5.64. The molecule has 3 rings (SSSR count). The van der Waals surface area contributed by atoms with Gasteiger partial charge in [-0.25, -0.2) is 0 Å². The maximum absolute atomic E-state index is 12.4. The highest BCUT2D eigenvalue weighted by Crippen LogP contribution is 2.39. The van der Waals surface area contributed by atoms with Gasteiger partial charge in [0.15, 0.2) is 11.5 Å². The summed E-state index contributed by atoms with van der Waals surface area (Å²) in [6.07, 6.45) is 1.49. The number of Topliss-reactive ketones (excluding diaryl/α,β-unsaturated/α-hetero) is 1. The van der Waals surface area contributed by atoms with E-state index in [1.807, 2.05) is 0 Å². The number of aromatic hydroxyl groups is 1. The van der Waals surface area contributed by atoms with Gasteiger partial charge in [-0.1, -0.05) is 12.1 Å². The zero-order valence-corrected chi connectivity index (χ0v) is 12.4. The molecule has 1 aliphatic rings. The number of phenols is 1. The first kappa shape index (κ1) is 14.9. The molecule has 2 N–H and O–H groups in total. The van der Waals surface area contributed by atoms with E-state index in [9.17, 15) is 19.8 Å². The van der Waals surface area contributed by atoms with Crippen LogP contribution in [0.2, 0.25) is 0 Å². The van der Waals surface area contributed by atoms with Crippen LogP contribution >= 0.6 is 0 Å². The summed E-state index contributed by atoms with van der Waals surface area (Å²) in [6.45, 7) is 1.43. The van der Waals surface area contributed by atoms with Crippen molar-refractivity contribution in [3.63, 3.8) is 0 Å². The van der Waals surface area contributed by atoms with E-state index in [2.05, 4.69) is 0 Å². The predicted molar refractivity (Wildman–Crippen MR) is 80.4 cm³/mol. The second-order valence-electron chi connectivity index (χ2n) is 5.32. The molecule has 6 heteroatoms. The van der Waals surface area contributed by atoms with E-state index in [1.54, 1.807) is 24.3 Å². The topological polar surface area (TPSA) is 91.0 Å². The third-order valence-corrected chi connectivity index (χ3v) is 3.80. The zero-order valence-electron chi connectivity index (χ0n) is 12.4. The Labute approximate surface area is 132 Å². The molecule has 0 aliphatic carbocycles. The number of nitrogens with zero attached hydrogens (tertiary/aromatic N) is 1. The molecule has 0 fully saturated rings. The molecule has 23 heavy (non-hydrogen) atoms. The molecule has 1 amide bonds. The van der Waals surface area contributed by atoms with E-state index < -0.39 is 17.7 Å². The first-order chi connectivity index (χ1) is 11.0. The van der Waals surface area contributed by atoms with Crippen molar-refractivity contribution in [3.8, 4) is 5.75 Å². The number of phenolic OH excluding ortho intramolecular Hbond substituents is 1. The molecule has 0 spiro atoms. The Hall–Kier alpha value is -3.02. The molecular weight excluding hydrogens is 298 g/mol. The number of furan rings is 1. The third-order valence-electron chi connectivity index (χ3n) is 3.80. The highest BCUT2D eigenvalue weighted by atomic mass is 16.3. The van der Waals surface area contributed by atoms with Gasteiger partial charge in [-0.2, -0.15) is 0 Å². The average Bonchev–Trinajstić information content (AvgIpc) is 3.10. The summed E-state index contributed by atoms with van der Waals surface area (Å²) in [7, 11) is 0. The molecular formula is C17H15NO5. The lowest BCUT2D eigenvalue weighted by Crippen LogP contribution is -2.30. The lowest BCUT2D eigenvalue weighted by Gasteiger charge is -2.25. The molecule has 0 bridgehead atoms. The zero-order chi connectivity index (χ0) is 16.6. The number of hydrogen-bond acceptors (Lipinski definition) is 5. The van der Waals surface area contributed by atoms with Gasteiger partial charge in [-0.15, -0.1) is 0 Å². The number of carbonyl (C=O) groups excluding carboxylic acids is 2. The van der Waals surface area contributed by atoms with Crippen molar-refractivity contribution in [1.82, 2.24) is 4.90 Å². The Balaban J connectivity index is 2.05. The van der Waals surface area contributed by atoms with Gasteiger partial charge in [-0.3, -0.25) is 9.59 Å². The van der Waals surface area contributed by atoms with Gasteiger partial charge in [-0.05, 0) is 36.8 Å². The molecule has 2 heterocycles. The smallest absolute Gasteiger partial charge is 0.290 e. The Kier molecular flexibility index (Phi) is 3.65.